The van der Waals surface area contributed by atoms with Gasteiger partial charge in [-0.25, -0.2) is 0 Å². The Kier molecular flexibility index (Phi) is 5.16. The van der Waals surface area contributed by atoms with Gasteiger partial charge >= 0.3 is 0 Å². The summed E-state index contributed by atoms with van der Waals surface area (Å²) in [5.41, 5.74) is 2.21. The predicted molar refractivity (Wildman–Crippen MR) is 108 cm³/mol. The van der Waals surface area contributed by atoms with Crippen LogP contribution in [0.4, 0.5) is 11.4 Å². The third kappa shape index (κ3) is 3.94. The maximum Gasteiger partial charge on any atom is 0.248 e. The molecule has 0 bridgehead atoms. The van der Waals surface area contributed by atoms with E-state index in [1.54, 1.807) is 17.0 Å². The SMILES string of the molecule is O=C(Cn1nnc(-c2ccccc2Br)n1)Nc1cccc(N2CCCC2=O)c1. The molecule has 0 radical (unpaired) electrons. The zero-order valence-corrected chi connectivity index (χ0v) is 16.5. The number of carbonyl (C=O) groups is 2. The van der Waals surface area contributed by atoms with E-state index in [1.807, 2.05) is 36.4 Å². The topological polar surface area (TPSA) is 93.0 Å². The van der Waals surface area contributed by atoms with Gasteiger partial charge in [-0.2, -0.15) is 4.80 Å². The van der Waals surface area contributed by atoms with Crippen LogP contribution in [0.1, 0.15) is 12.8 Å². The molecule has 0 saturated carbocycles. The highest BCUT2D eigenvalue weighted by Gasteiger charge is 2.21. The van der Waals surface area contributed by atoms with Crippen LogP contribution in [0, 0.1) is 0 Å². The van der Waals surface area contributed by atoms with E-state index in [4.69, 9.17) is 0 Å². The van der Waals surface area contributed by atoms with Gasteiger partial charge in [0.25, 0.3) is 0 Å². The van der Waals surface area contributed by atoms with Crippen molar-refractivity contribution in [1.82, 2.24) is 20.2 Å². The number of amides is 2. The largest absolute Gasteiger partial charge is 0.324 e. The van der Waals surface area contributed by atoms with Crippen LogP contribution in [0.3, 0.4) is 0 Å². The molecule has 1 saturated heterocycles. The number of rotatable bonds is 5. The second kappa shape index (κ2) is 7.89. The minimum atomic E-state index is -0.277. The molecule has 1 aliphatic rings. The monoisotopic (exact) mass is 440 g/mol. The molecule has 2 heterocycles. The molecule has 9 heteroatoms. The minimum Gasteiger partial charge on any atom is -0.324 e. The molecule has 1 fully saturated rings. The summed E-state index contributed by atoms with van der Waals surface area (Å²) in [6, 6.07) is 14.8. The average Bonchev–Trinajstić information content (AvgIpc) is 3.31. The third-order valence-corrected chi connectivity index (χ3v) is 5.06. The summed E-state index contributed by atoms with van der Waals surface area (Å²) in [5.74, 6) is 0.269. The maximum atomic E-state index is 12.4. The van der Waals surface area contributed by atoms with Crippen molar-refractivity contribution >= 4 is 39.1 Å². The minimum absolute atomic E-state index is 0.0652. The van der Waals surface area contributed by atoms with Crippen molar-refractivity contribution < 1.29 is 9.59 Å². The Morgan fingerprint density at radius 3 is 2.82 bits per heavy atom. The van der Waals surface area contributed by atoms with E-state index in [0.717, 1.165) is 22.1 Å². The Morgan fingerprint density at radius 1 is 1.18 bits per heavy atom. The first kappa shape index (κ1) is 18.3. The van der Waals surface area contributed by atoms with Crippen molar-refractivity contribution in [3.8, 4) is 11.4 Å². The van der Waals surface area contributed by atoms with Gasteiger partial charge in [-0.05, 0) is 42.0 Å². The lowest BCUT2D eigenvalue weighted by atomic mass is 10.2. The van der Waals surface area contributed by atoms with E-state index in [-0.39, 0.29) is 18.4 Å². The second-order valence-corrected chi connectivity index (χ2v) is 7.23. The summed E-state index contributed by atoms with van der Waals surface area (Å²) in [5, 5.41) is 15.0. The summed E-state index contributed by atoms with van der Waals surface area (Å²) < 4.78 is 0.854. The molecule has 3 aromatic rings. The number of tetrazole rings is 1. The van der Waals surface area contributed by atoms with Gasteiger partial charge < -0.3 is 10.2 Å². The van der Waals surface area contributed by atoms with Crippen molar-refractivity contribution in [2.75, 3.05) is 16.8 Å². The predicted octanol–water partition coefficient (Wildman–Crippen LogP) is 2.87. The molecular weight excluding hydrogens is 424 g/mol. The number of carbonyl (C=O) groups excluding carboxylic acids is 2. The Hall–Kier alpha value is -3.07. The highest BCUT2D eigenvalue weighted by Crippen LogP contribution is 2.25. The molecule has 2 amide bonds. The van der Waals surface area contributed by atoms with Crippen molar-refractivity contribution in [1.29, 1.82) is 0 Å². The second-order valence-electron chi connectivity index (χ2n) is 6.37. The van der Waals surface area contributed by atoms with Crippen LogP contribution in [0.2, 0.25) is 0 Å². The molecular formula is C19H17BrN6O2. The first-order valence-electron chi connectivity index (χ1n) is 8.83. The lowest BCUT2D eigenvalue weighted by Crippen LogP contribution is -2.24. The van der Waals surface area contributed by atoms with Gasteiger partial charge in [0, 0.05) is 34.4 Å². The Balaban J connectivity index is 1.43. The standard InChI is InChI=1S/C19H17BrN6O2/c20-16-8-2-1-7-15(16)19-22-24-26(23-19)12-17(27)21-13-5-3-6-14(11-13)25-10-4-9-18(25)28/h1-3,5-8,11H,4,9-10,12H2,(H,21,27). The normalized spacial score (nSPS) is 13.8. The molecule has 28 heavy (non-hydrogen) atoms. The highest BCUT2D eigenvalue weighted by molar-refractivity contribution is 9.10. The summed E-state index contributed by atoms with van der Waals surface area (Å²) in [6.45, 7) is 0.640. The van der Waals surface area contributed by atoms with Gasteiger partial charge in [0.1, 0.15) is 6.54 Å². The van der Waals surface area contributed by atoms with Crippen LogP contribution in [-0.2, 0) is 16.1 Å². The zero-order valence-electron chi connectivity index (χ0n) is 14.9. The molecule has 0 atom stereocenters. The van der Waals surface area contributed by atoms with Crippen LogP contribution >= 0.6 is 15.9 Å². The number of nitrogens with one attached hydrogen (secondary N) is 1. The fraction of sp³-hybridized carbons (Fsp3) is 0.211. The van der Waals surface area contributed by atoms with Gasteiger partial charge in [0.2, 0.25) is 17.6 Å². The molecule has 0 aliphatic carbocycles. The molecule has 1 N–H and O–H groups in total. The average molecular weight is 441 g/mol. The Morgan fingerprint density at radius 2 is 2.04 bits per heavy atom. The van der Waals surface area contributed by atoms with Crippen LogP contribution in [0.25, 0.3) is 11.4 Å². The van der Waals surface area contributed by atoms with Gasteiger partial charge in [-0.15, -0.1) is 10.2 Å². The van der Waals surface area contributed by atoms with Gasteiger partial charge in [0.05, 0.1) is 0 Å². The Labute approximate surface area is 169 Å². The molecule has 1 aliphatic heterocycles. The number of benzene rings is 2. The van der Waals surface area contributed by atoms with Gasteiger partial charge in [-0.1, -0.05) is 34.1 Å². The molecule has 0 unspecified atom stereocenters. The van der Waals surface area contributed by atoms with Crippen LogP contribution in [0.15, 0.2) is 53.0 Å². The van der Waals surface area contributed by atoms with Crippen molar-refractivity contribution in [2.45, 2.75) is 19.4 Å². The lowest BCUT2D eigenvalue weighted by Gasteiger charge is -2.16. The van der Waals surface area contributed by atoms with Crippen molar-refractivity contribution in [2.24, 2.45) is 0 Å². The van der Waals surface area contributed by atoms with E-state index in [9.17, 15) is 9.59 Å². The number of hydrogen-bond donors (Lipinski definition) is 1. The fourth-order valence-electron chi connectivity index (χ4n) is 3.06. The fourth-order valence-corrected chi connectivity index (χ4v) is 3.52. The molecule has 142 valence electrons. The summed E-state index contributed by atoms with van der Waals surface area (Å²) in [4.78, 5) is 27.2. The third-order valence-electron chi connectivity index (χ3n) is 4.37. The van der Waals surface area contributed by atoms with Gasteiger partial charge in [-0.3, -0.25) is 9.59 Å². The Bertz CT molecular complexity index is 1030. The maximum absolute atomic E-state index is 12.4. The van der Waals surface area contributed by atoms with E-state index >= 15 is 0 Å². The quantitative estimate of drug-likeness (QED) is 0.658. The van der Waals surface area contributed by atoms with Gasteiger partial charge in [0.15, 0.2) is 0 Å². The van der Waals surface area contributed by atoms with Crippen LogP contribution in [-0.4, -0.2) is 38.6 Å². The summed E-state index contributed by atoms with van der Waals surface area (Å²) in [6.07, 6.45) is 1.42. The number of aromatic nitrogens is 4. The molecule has 4 rings (SSSR count). The number of halogens is 1. The first-order valence-corrected chi connectivity index (χ1v) is 9.62. The van der Waals surface area contributed by atoms with Crippen molar-refractivity contribution in [3.05, 3.63) is 53.0 Å². The number of anilines is 2. The van der Waals surface area contributed by atoms with E-state index in [1.165, 1.54) is 4.80 Å². The smallest absolute Gasteiger partial charge is 0.248 e. The van der Waals surface area contributed by atoms with E-state index in [2.05, 4.69) is 36.7 Å². The number of nitrogens with zero attached hydrogens (tertiary/aromatic N) is 5. The van der Waals surface area contributed by atoms with E-state index in [0.29, 0.717) is 24.5 Å². The molecule has 2 aromatic carbocycles. The van der Waals surface area contributed by atoms with E-state index < -0.39 is 0 Å². The molecule has 1 aromatic heterocycles. The summed E-state index contributed by atoms with van der Waals surface area (Å²) >= 11 is 3.45. The lowest BCUT2D eigenvalue weighted by molar-refractivity contribution is -0.117. The molecule has 8 nitrogen and oxygen atoms in total. The first-order chi connectivity index (χ1) is 13.6. The molecule has 0 spiro atoms. The van der Waals surface area contributed by atoms with Crippen LogP contribution in [0.5, 0.6) is 0 Å². The highest BCUT2D eigenvalue weighted by atomic mass is 79.9. The zero-order chi connectivity index (χ0) is 19.5. The number of hydrogen-bond acceptors (Lipinski definition) is 5. The van der Waals surface area contributed by atoms with Crippen molar-refractivity contribution in [3.63, 3.8) is 0 Å². The summed E-state index contributed by atoms with van der Waals surface area (Å²) in [7, 11) is 0. The van der Waals surface area contributed by atoms with Crippen LogP contribution < -0.4 is 10.2 Å².